The number of hydrogen-bond donors (Lipinski definition) is 1. The SMILES string of the molecule is COC(=O)[C@H](Cc1ccc(OCC(=O)O)cc1)OC. The van der Waals surface area contributed by atoms with Crippen LogP contribution in [0.2, 0.25) is 0 Å². The predicted octanol–water partition coefficient (Wildman–Crippen LogP) is 0.881. The molecule has 1 aromatic carbocycles. The predicted molar refractivity (Wildman–Crippen MR) is 66.1 cm³/mol. The van der Waals surface area contributed by atoms with Gasteiger partial charge in [-0.05, 0) is 17.7 Å². The van der Waals surface area contributed by atoms with E-state index in [9.17, 15) is 9.59 Å². The lowest BCUT2D eigenvalue weighted by Gasteiger charge is -2.13. The lowest BCUT2D eigenvalue weighted by atomic mass is 10.1. The summed E-state index contributed by atoms with van der Waals surface area (Å²) in [6, 6.07) is 6.77. The summed E-state index contributed by atoms with van der Waals surface area (Å²) in [5.41, 5.74) is 0.861. The van der Waals surface area contributed by atoms with Gasteiger partial charge in [-0.25, -0.2) is 9.59 Å². The van der Waals surface area contributed by atoms with E-state index in [0.29, 0.717) is 12.2 Å². The highest BCUT2D eigenvalue weighted by atomic mass is 16.6. The van der Waals surface area contributed by atoms with Gasteiger partial charge in [0.1, 0.15) is 5.75 Å². The number of ether oxygens (including phenoxy) is 3. The first-order valence-electron chi connectivity index (χ1n) is 5.61. The number of carboxylic acids is 1. The summed E-state index contributed by atoms with van der Waals surface area (Å²) in [4.78, 5) is 21.7. The molecule has 0 aliphatic carbocycles. The zero-order valence-corrected chi connectivity index (χ0v) is 10.8. The highest BCUT2D eigenvalue weighted by molar-refractivity contribution is 5.74. The van der Waals surface area contributed by atoms with Crippen LogP contribution in [-0.4, -0.2) is 44.0 Å². The van der Waals surface area contributed by atoms with Crippen LogP contribution in [0.25, 0.3) is 0 Å². The van der Waals surface area contributed by atoms with Crippen LogP contribution in [0, 0.1) is 0 Å². The number of carbonyl (C=O) groups excluding carboxylic acids is 1. The van der Waals surface area contributed by atoms with Crippen LogP contribution in [0.3, 0.4) is 0 Å². The molecule has 0 aliphatic rings. The Labute approximate surface area is 110 Å². The third-order valence-electron chi connectivity index (χ3n) is 2.46. The highest BCUT2D eigenvalue weighted by Crippen LogP contribution is 2.14. The second-order valence-corrected chi connectivity index (χ2v) is 3.78. The van der Waals surface area contributed by atoms with Gasteiger partial charge < -0.3 is 19.3 Å². The van der Waals surface area contributed by atoms with E-state index in [4.69, 9.17) is 14.6 Å². The van der Waals surface area contributed by atoms with Crippen molar-refractivity contribution in [3.63, 3.8) is 0 Å². The molecule has 1 N–H and O–H groups in total. The van der Waals surface area contributed by atoms with Crippen LogP contribution in [0.1, 0.15) is 5.56 Å². The van der Waals surface area contributed by atoms with Crippen molar-refractivity contribution in [2.75, 3.05) is 20.8 Å². The summed E-state index contributed by atoms with van der Waals surface area (Å²) in [5.74, 6) is -1.01. The molecule has 0 spiro atoms. The molecule has 0 amide bonds. The Morgan fingerprint density at radius 3 is 2.32 bits per heavy atom. The minimum Gasteiger partial charge on any atom is -0.482 e. The Hall–Kier alpha value is -2.08. The average Bonchev–Trinajstić information content (AvgIpc) is 2.42. The molecule has 1 atom stereocenters. The first-order valence-corrected chi connectivity index (χ1v) is 5.61. The molecule has 104 valence electrons. The Morgan fingerprint density at radius 2 is 1.84 bits per heavy atom. The number of benzene rings is 1. The van der Waals surface area contributed by atoms with E-state index in [-0.39, 0.29) is 6.61 Å². The third kappa shape index (κ3) is 4.97. The van der Waals surface area contributed by atoms with Crippen LogP contribution >= 0.6 is 0 Å². The molecule has 0 aromatic heterocycles. The van der Waals surface area contributed by atoms with Gasteiger partial charge in [-0.1, -0.05) is 12.1 Å². The minimum atomic E-state index is -1.03. The summed E-state index contributed by atoms with van der Waals surface area (Å²) in [7, 11) is 2.74. The molecule has 0 radical (unpaired) electrons. The maximum atomic E-state index is 11.4. The molecule has 0 unspecified atom stereocenters. The molecule has 1 aromatic rings. The third-order valence-corrected chi connectivity index (χ3v) is 2.46. The van der Waals surface area contributed by atoms with Crippen LogP contribution in [0.15, 0.2) is 24.3 Å². The maximum absolute atomic E-state index is 11.4. The van der Waals surface area contributed by atoms with Crippen LogP contribution in [0.4, 0.5) is 0 Å². The number of carboxylic acid groups (broad SMARTS) is 1. The van der Waals surface area contributed by atoms with E-state index < -0.39 is 18.0 Å². The first-order chi connectivity index (χ1) is 9.06. The van der Waals surface area contributed by atoms with Crippen molar-refractivity contribution < 1.29 is 28.9 Å². The molecule has 0 saturated heterocycles. The molecule has 19 heavy (non-hydrogen) atoms. The Bertz CT molecular complexity index is 425. The standard InChI is InChI=1S/C13H16O6/c1-17-11(13(16)18-2)7-9-3-5-10(6-4-9)19-8-12(14)15/h3-6,11H,7-8H2,1-2H3,(H,14,15)/t11-/m0/s1. The normalized spacial score (nSPS) is 11.7. The summed E-state index contributed by atoms with van der Waals surface area (Å²) in [5, 5.41) is 8.48. The fourth-order valence-electron chi connectivity index (χ4n) is 1.48. The van der Waals surface area contributed by atoms with Gasteiger partial charge in [-0.3, -0.25) is 0 Å². The van der Waals surface area contributed by atoms with Crippen molar-refractivity contribution in [2.45, 2.75) is 12.5 Å². The van der Waals surface area contributed by atoms with Crippen LogP contribution in [-0.2, 0) is 25.5 Å². The Balaban J connectivity index is 2.60. The lowest BCUT2D eigenvalue weighted by Crippen LogP contribution is -2.26. The van der Waals surface area contributed by atoms with Crippen molar-refractivity contribution in [1.29, 1.82) is 0 Å². The van der Waals surface area contributed by atoms with E-state index in [2.05, 4.69) is 4.74 Å². The highest BCUT2D eigenvalue weighted by Gasteiger charge is 2.18. The summed E-state index contributed by atoms with van der Waals surface area (Å²) < 4.78 is 14.6. The zero-order chi connectivity index (χ0) is 14.3. The van der Waals surface area contributed by atoms with Gasteiger partial charge in [0.25, 0.3) is 0 Å². The lowest BCUT2D eigenvalue weighted by molar-refractivity contribution is -0.152. The van der Waals surface area contributed by atoms with Gasteiger partial charge >= 0.3 is 11.9 Å². The molecule has 0 fully saturated rings. The first kappa shape index (κ1) is 15.0. The van der Waals surface area contributed by atoms with Gasteiger partial charge in [-0.15, -0.1) is 0 Å². The zero-order valence-electron chi connectivity index (χ0n) is 10.8. The largest absolute Gasteiger partial charge is 0.482 e. The van der Waals surface area contributed by atoms with Gasteiger partial charge in [0, 0.05) is 13.5 Å². The smallest absolute Gasteiger partial charge is 0.341 e. The van der Waals surface area contributed by atoms with Gasteiger partial charge in [0.05, 0.1) is 7.11 Å². The van der Waals surface area contributed by atoms with Crippen molar-refractivity contribution in [3.8, 4) is 5.75 Å². The average molecular weight is 268 g/mol. The molecular formula is C13H16O6. The Kier molecular flexibility index (Phi) is 5.81. The second-order valence-electron chi connectivity index (χ2n) is 3.78. The fourth-order valence-corrected chi connectivity index (χ4v) is 1.48. The van der Waals surface area contributed by atoms with Crippen molar-refractivity contribution >= 4 is 11.9 Å². The van der Waals surface area contributed by atoms with E-state index in [1.54, 1.807) is 24.3 Å². The minimum absolute atomic E-state index is 0.377. The molecule has 6 heteroatoms. The number of carbonyl (C=O) groups is 2. The number of aliphatic carboxylic acids is 1. The number of esters is 1. The van der Waals surface area contributed by atoms with E-state index >= 15 is 0 Å². The molecule has 0 heterocycles. The van der Waals surface area contributed by atoms with E-state index in [1.807, 2.05) is 0 Å². The monoisotopic (exact) mass is 268 g/mol. The summed E-state index contributed by atoms with van der Waals surface area (Å²) >= 11 is 0. The second kappa shape index (κ2) is 7.38. The van der Waals surface area contributed by atoms with Crippen molar-refractivity contribution in [2.24, 2.45) is 0 Å². The van der Waals surface area contributed by atoms with Crippen LogP contribution < -0.4 is 4.74 Å². The van der Waals surface area contributed by atoms with E-state index in [0.717, 1.165) is 5.56 Å². The molecule has 0 aliphatic heterocycles. The van der Waals surface area contributed by atoms with Gasteiger partial charge in [-0.2, -0.15) is 0 Å². The summed E-state index contributed by atoms with van der Waals surface area (Å²) in [6.07, 6.45) is -0.279. The molecule has 6 nitrogen and oxygen atoms in total. The van der Waals surface area contributed by atoms with Gasteiger partial charge in [0.15, 0.2) is 12.7 Å². The van der Waals surface area contributed by atoms with Crippen molar-refractivity contribution in [1.82, 2.24) is 0 Å². The number of rotatable bonds is 7. The molecule has 0 saturated carbocycles. The summed E-state index contributed by atoms with van der Waals surface area (Å²) in [6.45, 7) is -0.387. The molecule has 0 bridgehead atoms. The van der Waals surface area contributed by atoms with Gasteiger partial charge in [0.2, 0.25) is 0 Å². The number of methoxy groups -OCH3 is 2. The Morgan fingerprint density at radius 1 is 1.21 bits per heavy atom. The van der Waals surface area contributed by atoms with Crippen LogP contribution in [0.5, 0.6) is 5.75 Å². The van der Waals surface area contributed by atoms with Crippen molar-refractivity contribution in [3.05, 3.63) is 29.8 Å². The maximum Gasteiger partial charge on any atom is 0.341 e. The quantitative estimate of drug-likeness (QED) is 0.739. The molecule has 1 rings (SSSR count). The number of hydrogen-bond acceptors (Lipinski definition) is 5. The van der Waals surface area contributed by atoms with E-state index in [1.165, 1.54) is 14.2 Å². The fraction of sp³-hybridized carbons (Fsp3) is 0.385. The topological polar surface area (TPSA) is 82.1 Å². The molecular weight excluding hydrogens is 252 g/mol.